The highest BCUT2D eigenvalue weighted by Crippen LogP contribution is 2.54. The van der Waals surface area contributed by atoms with Gasteiger partial charge in [0.05, 0.1) is 22.2 Å². The van der Waals surface area contributed by atoms with E-state index in [1.807, 2.05) is 18.2 Å². The van der Waals surface area contributed by atoms with E-state index in [1.165, 1.54) is 4.90 Å². The molecule has 0 radical (unpaired) electrons. The molecule has 0 spiro atoms. The van der Waals surface area contributed by atoms with Gasteiger partial charge >= 0.3 is 5.97 Å². The summed E-state index contributed by atoms with van der Waals surface area (Å²) in [6, 6.07) is 15.9. The smallest absolute Gasteiger partial charge is 0.342 e. The summed E-state index contributed by atoms with van der Waals surface area (Å²) in [4.78, 5) is 40.1. The number of esters is 1. The van der Waals surface area contributed by atoms with Crippen LogP contribution in [0.5, 0.6) is 5.75 Å². The van der Waals surface area contributed by atoms with Gasteiger partial charge in [0.15, 0.2) is 0 Å². The van der Waals surface area contributed by atoms with Gasteiger partial charge in [-0.1, -0.05) is 48.2 Å². The van der Waals surface area contributed by atoms with Crippen LogP contribution < -0.4 is 15.4 Å². The Kier molecular flexibility index (Phi) is 3.42. The summed E-state index contributed by atoms with van der Waals surface area (Å²) >= 11 is 1.08. The van der Waals surface area contributed by atoms with E-state index in [1.54, 1.807) is 36.4 Å². The second-order valence-corrected chi connectivity index (χ2v) is 7.78. The van der Waals surface area contributed by atoms with Crippen molar-refractivity contribution in [3.05, 3.63) is 70.8 Å². The van der Waals surface area contributed by atoms with Crippen molar-refractivity contribution in [1.29, 1.82) is 0 Å². The van der Waals surface area contributed by atoms with Crippen LogP contribution in [0.15, 0.2) is 65.2 Å². The van der Waals surface area contributed by atoms with Crippen molar-refractivity contribution in [2.75, 3.05) is 4.90 Å². The number of nitrogens with zero attached hydrogens (tertiary/aromatic N) is 1. The van der Waals surface area contributed by atoms with Gasteiger partial charge in [-0.15, -0.1) is 0 Å². The molecule has 0 unspecified atom stereocenters. The molecular formula is C20H14N2O4S. The van der Waals surface area contributed by atoms with Gasteiger partial charge in [-0.25, -0.2) is 9.69 Å². The van der Waals surface area contributed by atoms with Gasteiger partial charge in [0.1, 0.15) is 11.0 Å². The molecule has 1 saturated heterocycles. The summed E-state index contributed by atoms with van der Waals surface area (Å²) in [5, 5.41) is -0.415. The Labute approximate surface area is 159 Å². The molecule has 2 aromatic rings. The van der Waals surface area contributed by atoms with Crippen molar-refractivity contribution in [2.24, 2.45) is 11.7 Å². The lowest BCUT2D eigenvalue weighted by Gasteiger charge is -2.36. The van der Waals surface area contributed by atoms with Crippen LogP contribution in [0.4, 0.5) is 5.69 Å². The largest absolute Gasteiger partial charge is 0.423 e. The van der Waals surface area contributed by atoms with Crippen molar-refractivity contribution >= 4 is 35.2 Å². The Morgan fingerprint density at radius 2 is 1.63 bits per heavy atom. The summed E-state index contributed by atoms with van der Waals surface area (Å²) in [5.74, 6) is -2.05. The van der Waals surface area contributed by atoms with Gasteiger partial charge < -0.3 is 10.5 Å². The second-order valence-electron chi connectivity index (χ2n) is 6.59. The monoisotopic (exact) mass is 378 g/mol. The van der Waals surface area contributed by atoms with Crippen LogP contribution in [0.2, 0.25) is 0 Å². The van der Waals surface area contributed by atoms with Gasteiger partial charge in [0.2, 0.25) is 11.8 Å². The molecule has 3 aliphatic rings. The number of imide groups is 1. The van der Waals surface area contributed by atoms with Gasteiger partial charge in [-0.3, -0.25) is 9.59 Å². The highest BCUT2D eigenvalue weighted by atomic mass is 32.2. The average molecular weight is 378 g/mol. The number of fused-ring (bicyclic) bond motifs is 5. The molecule has 2 aromatic carbocycles. The standard InChI is InChI=1S/C20H14N2O4S/c21-17-15-13(11-8-4-5-9-12(11)26-20(15)25)14-16(27-17)19(24)22(18(14)23)10-6-2-1-3-7-10/h1-9,13-14,16H,21H2/t13-,14+,16-/m0/s1. The normalized spacial score (nSPS) is 26.4. The van der Waals surface area contributed by atoms with E-state index < -0.39 is 23.1 Å². The lowest BCUT2D eigenvalue weighted by atomic mass is 9.77. The molecule has 2 amide bonds. The summed E-state index contributed by atoms with van der Waals surface area (Å²) in [6.07, 6.45) is 0. The van der Waals surface area contributed by atoms with Gasteiger partial charge in [-0.05, 0) is 18.2 Å². The van der Waals surface area contributed by atoms with Crippen LogP contribution in [0, 0.1) is 5.92 Å². The van der Waals surface area contributed by atoms with E-state index in [0.29, 0.717) is 17.0 Å². The molecular weight excluding hydrogens is 364 g/mol. The zero-order valence-corrected chi connectivity index (χ0v) is 14.8. The maximum Gasteiger partial charge on any atom is 0.342 e. The Morgan fingerprint density at radius 1 is 0.926 bits per heavy atom. The topological polar surface area (TPSA) is 89.7 Å². The van der Waals surface area contributed by atoms with Crippen LogP contribution >= 0.6 is 11.8 Å². The van der Waals surface area contributed by atoms with Crippen molar-refractivity contribution in [3.63, 3.8) is 0 Å². The Morgan fingerprint density at radius 3 is 2.41 bits per heavy atom. The van der Waals surface area contributed by atoms with Crippen molar-refractivity contribution in [3.8, 4) is 5.75 Å². The van der Waals surface area contributed by atoms with E-state index in [4.69, 9.17) is 10.5 Å². The molecule has 0 bridgehead atoms. The summed E-state index contributed by atoms with van der Waals surface area (Å²) in [7, 11) is 0. The second kappa shape index (κ2) is 5.72. The van der Waals surface area contributed by atoms with Crippen LogP contribution in [0.1, 0.15) is 11.5 Å². The molecule has 134 valence electrons. The third kappa shape index (κ3) is 2.18. The predicted octanol–water partition coefficient (Wildman–Crippen LogP) is 2.16. The number of carbonyl (C=O) groups excluding carboxylic acids is 3. The number of para-hydroxylation sites is 2. The first-order valence-electron chi connectivity index (χ1n) is 8.48. The Hall–Kier alpha value is -3.06. The molecule has 3 aliphatic heterocycles. The Balaban J connectivity index is 1.68. The maximum atomic E-state index is 13.3. The van der Waals surface area contributed by atoms with E-state index in [9.17, 15) is 14.4 Å². The zero-order valence-electron chi connectivity index (χ0n) is 14.0. The average Bonchev–Trinajstić information content (AvgIpc) is 2.92. The third-order valence-corrected chi connectivity index (χ3v) is 6.40. The quantitative estimate of drug-likeness (QED) is 0.465. The molecule has 5 rings (SSSR count). The molecule has 27 heavy (non-hydrogen) atoms. The number of anilines is 1. The number of hydrogen-bond acceptors (Lipinski definition) is 6. The molecule has 1 fully saturated rings. The fourth-order valence-corrected chi connectivity index (χ4v) is 5.27. The number of amides is 2. The van der Waals surface area contributed by atoms with E-state index in [0.717, 1.165) is 11.8 Å². The lowest BCUT2D eigenvalue weighted by molar-refractivity contribution is -0.131. The van der Waals surface area contributed by atoms with E-state index >= 15 is 0 Å². The van der Waals surface area contributed by atoms with Crippen LogP contribution in [-0.2, 0) is 14.4 Å². The summed E-state index contributed by atoms with van der Waals surface area (Å²) < 4.78 is 5.39. The molecule has 0 aliphatic carbocycles. The van der Waals surface area contributed by atoms with Crippen LogP contribution in [-0.4, -0.2) is 23.0 Å². The first kappa shape index (κ1) is 16.1. The van der Waals surface area contributed by atoms with Crippen LogP contribution in [0.25, 0.3) is 0 Å². The molecule has 0 aromatic heterocycles. The fraction of sp³-hybridized carbons (Fsp3) is 0.150. The van der Waals surface area contributed by atoms with Gasteiger partial charge in [0, 0.05) is 11.5 Å². The SMILES string of the molecule is NC1=C2C(=O)Oc3ccccc3[C@H]2[C@H]2C(=O)N(c3ccccc3)C(=O)[C@H]2S1. The first-order chi connectivity index (χ1) is 13.1. The van der Waals surface area contributed by atoms with Crippen molar-refractivity contribution in [1.82, 2.24) is 0 Å². The van der Waals surface area contributed by atoms with Crippen molar-refractivity contribution < 1.29 is 19.1 Å². The molecule has 6 nitrogen and oxygen atoms in total. The van der Waals surface area contributed by atoms with Crippen molar-refractivity contribution in [2.45, 2.75) is 11.2 Å². The number of nitrogens with two attached hydrogens (primary N) is 1. The molecule has 3 atom stereocenters. The lowest BCUT2D eigenvalue weighted by Crippen LogP contribution is -2.39. The Bertz CT molecular complexity index is 1030. The molecule has 7 heteroatoms. The number of hydrogen-bond donors (Lipinski definition) is 1. The number of thioether (sulfide) groups is 1. The first-order valence-corrected chi connectivity index (χ1v) is 9.36. The minimum atomic E-state index is -0.695. The molecule has 2 N–H and O–H groups in total. The predicted molar refractivity (Wildman–Crippen MR) is 99.8 cm³/mol. The highest BCUT2D eigenvalue weighted by Gasteiger charge is 2.58. The zero-order chi connectivity index (χ0) is 18.7. The molecule has 3 heterocycles. The maximum absolute atomic E-state index is 13.3. The number of rotatable bonds is 1. The highest BCUT2D eigenvalue weighted by molar-refractivity contribution is 8.04. The third-order valence-electron chi connectivity index (χ3n) is 5.18. The number of carbonyl (C=O) groups is 3. The number of ether oxygens (including phenoxy) is 1. The van der Waals surface area contributed by atoms with E-state index in [2.05, 4.69) is 0 Å². The summed E-state index contributed by atoms with van der Waals surface area (Å²) in [5.41, 5.74) is 7.65. The fourth-order valence-electron chi connectivity index (χ4n) is 4.04. The number of benzene rings is 2. The van der Waals surface area contributed by atoms with Gasteiger partial charge in [-0.2, -0.15) is 0 Å². The summed E-state index contributed by atoms with van der Waals surface area (Å²) in [6.45, 7) is 0. The van der Waals surface area contributed by atoms with E-state index in [-0.39, 0.29) is 22.4 Å². The minimum absolute atomic E-state index is 0.247. The van der Waals surface area contributed by atoms with Crippen LogP contribution in [0.3, 0.4) is 0 Å². The van der Waals surface area contributed by atoms with Gasteiger partial charge in [0.25, 0.3) is 0 Å². The minimum Gasteiger partial charge on any atom is -0.423 e. The molecule has 0 saturated carbocycles.